The van der Waals surface area contributed by atoms with Gasteiger partial charge in [0.05, 0.1) is 32.5 Å². The fourth-order valence-electron chi connectivity index (χ4n) is 3.94. The van der Waals surface area contributed by atoms with Gasteiger partial charge < -0.3 is 24.2 Å². The van der Waals surface area contributed by atoms with Crippen LogP contribution in [0.1, 0.15) is 15.9 Å². The summed E-state index contributed by atoms with van der Waals surface area (Å²) in [5.41, 5.74) is 1.73. The summed E-state index contributed by atoms with van der Waals surface area (Å²) in [6.07, 6.45) is 0.0621. The summed E-state index contributed by atoms with van der Waals surface area (Å²) in [7, 11) is 3.23. The molecule has 1 heterocycles. The van der Waals surface area contributed by atoms with Crippen LogP contribution < -0.4 is 4.74 Å². The van der Waals surface area contributed by atoms with E-state index < -0.39 is 6.10 Å². The zero-order valence-electron chi connectivity index (χ0n) is 19.0. The number of nitrogens with zero attached hydrogens (tertiary/aromatic N) is 2. The van der Waals surface area contributed by atoms with Crippen LogP contribution >= 0.6 is 0 Å². The Morgan fingerprint density at radius 2 is 1.94 bits per heavy atom. The lowest BCUT2D eigenvalue weighted by atomic mass is 10.1. The molecule has 2 aromatic carbocycles. The van der Waals surface area contributed by atoms with E-state index in [9.17, 15) is 9.90 Å². The number of ether oxygens (including phenoxy) is 3. The van der Waals surface area contributed by atoms with Crippen molar-refractivity contribution in [1.29, 1.82) is 0 Å². The molecule has 0 radical (unpaired) electrons. The third-order valence-corrected chi connectivity index (χ3v) is 5.62. The van der Waals surface area contributed by atoms with Crippen molar-refractivity contribution in [3.63, 3.8) is 0 Å². The molecule has 2 atom stereocenters. The zero-order chi connectivity index (χ0) is 22.8. The number of aliphatic hydroxyl groups excluding tert-OH is 1. The number of carbonyl (C=O) groups excluding carboxylic acids is 1. The van der Waals surface area contributed by atoms with Gasteiger partial charge in [-0.15, -0.1) is 0 Å². The van der Waals surface area contributed by atoms with E-state index in [0.717, 1.165) is 12.1 Å². The van der Waals surface area contributed by atoms with E-state index in [0.29, 0.717) is 57.1 Å². The van der Waals surface area contributed by atoms with Gasteiger partial charge in [-0.3, -0.25) is 9.69 Å². The average Bonchev–Trinajstić information content (AvgIpc) is 2.82. The number of β-amino-alcohol motifs (C(OH)–C–C–N with tert-alkyl or cyclic N) is 1. The van der Waals surface area contributed by atoms with Crippen LogP contribution in [0.15, 0.2) is 54.6 Å². The van der Waals surface area contributed by atoms with Crippen molar-refractivity contribution in [2.75, 3.05) is 60.2 Å². The van der Waals surface area contributed by atoms with Crippen LogP contribution in [0, 0.1) is 0 Å². The summed E-state index contributed by atoms with van der Waals surface area (Å²) in [5, 5.41) is 10.5. The van der Waals surface area contributed by atoms with Crippen molar-refractivity contribution < 1.29 is 24.1 Å². The normalized spacial score (nSPS) is 17.7. The van der Waals surface area contributed by atoms with Crippen LogP contribution in [0.2, 0.25) is 0 Å². The Hall–Kier alpha value is -2.45. The van der Waals surface area contributed by atoms with Gasteiger partial charge in [-0.25, -0.2) is 0 Å². The Morgan fingerprint density at radius 1 is 1.19 bits per heavy atom. The standard InChI is InChI=1S/C25H34N2O5/c1-30-14-13-27(25(29)21-8-10-23(31-2)11-9-21)19-24-18-26(12-15-32-24)17-22(28)16-20-6-4-3-5-7-20/h3-11,22,24,28H,12-19H2,1-2H3/t22-,24+/m0/s1. The van der Waals surface area contributed by atoms with E-state index in [1.165, 1.54) is 0 Å². The molecular weight excluding hydrogens is 408 g/mol. The van der Waals surface area contributed by atoms with E-state index in [4.69, 9.17) is 14.2 Å². The number of hydrogen-bond acceptors (Lipinski definition) is 6. The molecule has 0 aliphatic carbocycles. The summed E-state index contributed by atoms with van der Waals surface area (Å²) in [5.74, 6) is 0.653. The molecule has 1 fully saturated rings. The molecule has 2 aromatic rings. The number of methoxy groups -OCH3 is 2. The first-order valence-corrected chi connectivity index (χ1v) is 11.1. The minimum absolute atomic E-state index is 0.0606. The molecule has 0 spiro atoms. The zero-order valence-corrected chi connectivity index (χ0v) is 19.0. The lowest BCUT2D eigenvalue weighted by Crippen LogP contribution is -2.51. The summed E-state index contributed by atoms with van der Waals surface area (Å²) < 4.78 is 16.4. The van der Waals surface area contributed by atoms with E-state index >= 15 is 0 Å². The Labute approximate surface area is 190 Å². The predicted molar refractivity (Wildman–Crippen MR) is 123 cm³/mol. The first-order valence-electron chi connectivity index (χ1n) is 11.1. The fourth-order valence-corrected chi connectivity index (χ4v) is 3.94. The van der Waals surface area contributed by atoms with Gasteiger partial charge in [0.15, 0.2) is 0 Å². The molecule has 1 aliphatic rings. The first-order chi connectivity index (χ1) is 15.6. The van der Waals surface area contributed by atoms with Gasteiger partial charge >= 0.3 is 0 Å². The second-order valence-corrected chi connectivity index (χ2v) is 8.07. The van der Waals surface area contributed by atoms with Crippen LogP contribution in [0.25, 0.3) is 0 Å². The van der Waals surface area contributed by atoms with Crippen LogP contribution in [-0.2, 0) is 15.9 Å². The summed E-state index contributed by atoms with van der Waals surface area (Å²) in [6.45, 7) is 4.01. The molecule has 174 valence electrons. The molecule has 0 saturated carbocycles. The second kappa shape index (κ2) is 12.6. The molecule has 1 aliphatic heterocycles. The highest BCUT2D eigenvalue weighted by Crippen LogP contribution is 2.15. The van der Waals surface area contributed by atoms with Crippen LogP contribution in [0.4, 0.5) is 0 Å². The van der Waals surface area contributed by atoms with E-state index in [1.54, 1.807) is 43.4 Å². The number of hydrogen-bond donors (Lipinski definition) is 1. The molecule has 1 amide bonds. The average molecular weight is 443 g/mol. The molecule has 7 nitrogen and oxygen atoms in total. The Bertz CT molecular complexity index is 815. The van der Waals surface area contributed by atoms with Crippen molar-refractivity contribution in [2.45, 2.75) is 18.6 Å². The third kappa shape index (κ3) is 7.31. The van der Waals surface area contributed by atoms with Crippen molar-refractivity contribution in [3.8, 4) is 5.75 Å². The number of morpholine rings is 1. The lowest BCUT2D eigenvalue weighted by molar-refractivity contribution is -0.0515. The fraction of sp³-hybridized carbons (Fsp3) is 0.480. The predicted octanol–water partition coefficient (Wildman–Crippen LogP) is 2.09. The van der Waals surface area contributed by atoms with Crippen LogP contribution in [0.3, 0.4) is 0 Å². The molecule has 0 aromatic heterocycles. The third-order valence-electron chi connectivity index (χ3n) is 5.62. The smallest absolute Gasteiger partial charge is 0.254 e. The number of amides is 1. The molecule has 1 N–H and O–H groups in total. The topological polar surface area (TPSA) is 71.5 Å². The maximum atomic E-state index is 13.1. The van der Waals surface area contributed by atoms with Gasteiger partial charge in [0.25, 0.3) is 5.91 Å². The van der Waals surface area contributed by atoms with Gasteiger partial charge in [-0.2, -0.15) is 0 Å². The Balaban J connectivity index is 1.57. The highest BCUT2D eigenvalue weighted by Gasteiger charge is 2.26. The number of benzene rings is 2. The largest absolute Gasteiger partial charge is 0.497 e. The molecule has 0 bridgehead atoms. The maximum Gasteiger partial charge on any atom is 0.254 e. The molecule has 7 heteroatoms. The van der Waals surface area contributed by atoms with Crippen molar-refractivity contribution in [1.82, 2.24) is 9.80 Å². The second-order valence-electron chi connectivity index (χ2n) is 8.07. The summed E-state index contributed by atoms with van der Waals surface area (Å²) in [4.78, 5) is 17.1. The molecule has 0 unspecified atom stereocenters. The number of rotatable bonds is 11. The Kier molecular flexibility index (Phi) is 9.49. The van der Waals surface area contributed by atoms with E-state index in [2.05, 4.69) is 4.90 Å². The minimum Gasteiger partial charge on any atom is -0.497 e. The van der Waals surface area contributed by atoms with Gasteiger partial charge in [-0.1, -0.05) is 30.3 Å². The van der Waals surface area contributed by atoms with Crippen LogP contribution in [-0.4, -0.2) is 93.2 Å². The SMILES string of the molecule is COCCN(C[C@H]1CN(C[C@@H](O)Cc2ccccc2)CCO1)C(=O)c1ccc(OC)cc1. The monoisotopic (exact) mass is 442 g/mol. The highest BCUT2D eigenvalue weighted by atomic mass is 16.5. The molecule has 32 heavy (non-hydrogen) atoms. The minimum atomic E-state index is -0.443. The summed E-state index contributed by atoms with van der Waals surface area (Å²) >= 11 is 0. The lowest BCUT2D eigenvalue weighted by Gasteiger charge is -2.36. The Morgan fingerprint density at radius 3 is 2.62 bits per heavy atom. The van der Waals surface area contributed by atoms with E-state index in [-0.39, 0.29) is 12.0 Å². The maximum absolute atomic E-state index is 13.1. The van der Waals surface area contributed by atoms with Gasteiger partial charge in [0.1, 0.15) is 5.75 Å². The number of carbonyl (C=O) groups is 1. The summed E-state index contributed by atoms with van der Waals surface area (Å²) in [6, 6.07) is 17.1. The van der Waals surface area contributed by atoms with Crippen molar-refractivity contribution in [2.24, 2.45) is 0 Å². The van der Waals surface area contributed by atoms with Crippen LogP contribution in [0.5, 0.6) is 5.75 Å². The quantitative estimate of drug-likeness (QED) is 0.575. The van der Waals surface area contributed by atoms with Gasteiger partial charge in [-0.05, 0) is 36.2 Å². The number of aliphatic hydroxyl groups is 1. The first kappa shape index (κ1) is 24.2. The van der Waals surface area contributed by atoms with Crippen molar-refractivity contribution in [3.05, 3.63) is 65.7 Å². The van der Waals surface area contributed by atoms with Gasteiger partial charge in [0.2, 0.25) is 0 Å². The molecule has 3 rings (SSSR count). The van der Waals surface area contributed by atoms with E-state index in [1.807, 2.05) is 30.3 Å². The molecule has 1 saturated heterocycles. The highest BCUT2D eigenvalue weighted by molar-refractivity contribution is 5.94. The van der Waals surface area contributed by atoms with Gasteiger partial charge in [0, 0.05) is 45.4 Å². The van der Waals surface area contributed by atoms with Crippen molar-refractivity contribution >= 4 is 5.91 Å². The molecular formula is C25H34N2O5.